The van der Waals surface area contributed by atoms with Gasteiger partial charge in [0, 0.05) is 11.1 Å². The fraction of sp³-hybridized carbons (Fsp3) is 0.273. The molecule has 0 fully saturated rings. The average Bonchev–Trinajstić information content (AvgIpc) is 2.18. The van der Waals surface area contributed by atoms with Gasteiger partial charge in [0.25, 0.3) is 0 Å². The van der Waals surface area contributed by atoms with E-state index >= 15 is 0 Å². The van der Waals surface area contributed by atoms with Gasteiger partial charge in [-0.15, -0.1) is 0 Å². The number of nitriles is 1. The Labute approximate surface area is 84.2 Å². The summed E-state index contributed by atoms with van der Waals surface area (Å²) in [6, 6.07) is 1.97. The lowest BCUT2D eigenvalue weighted by atomic mass is 10.1. The van der Waals surface area contributed by atoms with Gasteiger partial charge in [-0.2, -0.15) is 5.26 Å². The number of carbonyl (C=O) groups is 1. The van der Waals surface area contributed by atoms with Crippen molar-refractivity contribution in [3.63, 3.8) is 0 Å². The summed E-state index contributed by atoms with van der Waals surface area (Å²) < 4.78 is 0. The molecule has 0 aromatic carbocycles. The molecule has 14 heavy (non-hydrogen) atoms. The van der Waals surface area contributed by atoms with Gasteiger partial charge in [0.1, 0.15) is 0 Å². The summed E-state index contributed by atoms with van der Waals surface area (Å²) in [5.74, 6) is -0.405. The Kier molecular flexibility index (Phi) is 5.80. The molecule has 0 aliphatic rings. The van der Waals surface area contributed by atoms with Gasteiger partial charge in [0.15, 0.2) is 0 Å². The Morgan fingerprint density at radius 2 is 2.21 bits per heavy atom. The highest BCUT2D eigenvalue weighted by Gasteiger charge is 1.99. The van der Waals surface area contributed by atoms with Gasteiger partial charge in [-0.3, -0.25) is 4.79 Å². The van der Waals surface area contributed by atoms with Gasteiger partial charge in [0.2, 0.25) is 5.91 Å². The van der Waals surface area contributed by atoms with Crippen LogP contribution < -0.4 is 5.73 Å². The first-order valence-electron chi connectivity index (χ1n) is 4.37. The molecule has 1 amide bonds. The maximum atomic E-state index is 10.8. The molecule has 0 heterocycles. The zero-order valence-corrected chi connectivity index (χ0v) is 8.29. The van der Waals surface area contributed by atoms with Crippen LogP contribution in [0.2, 0.25) is 0 Å². The molecule has 0 rings (SSSR count). The lowest BCUT2D eigenvalue weighted by Crippen LogP contribution is -2.13. The number of hydrogen-bond donors (Lipinski definition) is 1. The topological polar surface area (TPSA) is 66.9 Å². The molecule has 0 spiro atoms. The van der Waals surface area contributed by atoms with E-state index in [1.54, 1.807) is 12.2 Å². The minimum atomic E-state index is -0.405. The van der Waals surface area contributed by atoms with Crippen molar-refractivity contribution in [3.8, 4) is 6.07 Å². The molecule has 0 bridgehead atoms. The van der Waals surface area contributed by atoms with Crippen molar-refractivity contribution in [3.05, 3.63) is 36.0 Å². The first kappa shape index (κ1) is 12.2. The highest BCUT2D eigenvalue weighted by atomic mass is 16.1. The van der Waals surface area contributed by atoms with Crippen LogP contribution in [0.3, 0.4) is 0 Å². The first-order valence-corrected chi connectivity index (χ1v) is 4.37. The third-order valence-corrected chi connectivity index (χ3v) is 1.75. The normalized spacial score (nSPS) is 12.0. The third kappa shape index (κ3) is 4.27. The van der Waals surface area contributed by atoms with E-state index in [0.29, 0.717) is 24.0 Å². The van der Waals surface area contributed by atoms with E-state index in [-0.39, 0.29) is 0 Å². The van der Waals surface area contributed by atoms with Crippen molar-refractivity contribution in [2.75, 3.05) is 0 Å². The van der Waals surface area contributed by atoms with Crippen LogP contribution in [0.15, 0.2) is 36.0 Å². The van der Waals surface area contributed by atoms with Crippen LogP contribution in [-0.4, -0.2) is 5.91 Å². The maximum Gasteiger partial charge on any atom is 0.244 e. The van der Waals surface area contributed by atoms with Gasteiger partial charge in [-0.25, -0.2) is 0 Å². The summed E-state index contributed by atoms with van der Waals surface area (Å²) in [6.07, 6.45) is 6.04. The van der Waals surface area contributed by atoms with Crippen molar-refractivity contribution < 1.29 is 4.79 Å². The molecule has 2 N–H and O–H groups in total. The number of carbonyl (C=O) groups excluding carboxylic acids is 1. The molecule has 3 heteroatoms. The molecule has 0 atom stereocenters. The minimum Gasteiger partial charge on any atom is -0.366 e. The van der Waals surface area contributed by atoms with Crippen molar-refractivity contribution in [1.29, 1.82) is 5.26 Å². The Bertz CT molecular complexity index is 319. The van der Waals surface area contributed by atoms with E-state index < -0.39 is 5.91 Å². The number of primary amides is 1. The van der Waals surface area contributed by atoms with E-state index in [2.05, 4.69) is 6.58 Å². The van der Waals surface area contributed by atoms with Crippen molar-refractivity contribution in [2.24, 2.45) is 5.73 Å². The molecule has 0 saturated heterocycles. The van der Waals surface area contributed by atoms with Gasteiger partial charge >= 0.3 is 0 Å². The van der Waals surface area contributed by atoms with Gasteiger partial charge < -0.3 is 5.73 Å². The van der Waals surface area contributed by atoms with Crippen molar-refractivity contribution >= 4 is 5.91 Å². The number of nitrogens with zero attached hydrogens (tertiary/aromatic N) is 1. The zero-order chi connectivity index (χ0) is 11.0. The summed E-state index contributed by atoms with van der Waals surface area (Å²) in [7, 11) is 0. The summed E-state index contributed by atoms with van der Waals surface area (Å²) in [6.45, 7) is 5.34. The van der Waals surface area contributed by atoms with Crippen LogP contribution in [-0.2, 0) is 4.79 Å². The number of nitrogens with two attached hydrogens (primary N) is 1. The molecular weight excluding hydrogens is 176 g/mol. The first-order chi connectivity index (χ1) is 6.65. The highest BCUT2D eigenvalue weighted by molar-refractivity contribution is 5.91. The molecule has 0 aliphatic heterocycles. The Hall–Kier alpha value is -1.82. The van der Waals surface area contributed by atoms with E-state index in [9.17, 15) is 4.79 Å². The van der Waals surface area contributed by atoms with Crippen LogP contribution in [0, 0.1) is 11.3 Å². The fourth-order valence-electron chi connectivity index (χ4n) is 0.922. The largest absolute Gasteiger partial charge is 0.366 e. The summed E-state index contributed by atoms with van der Waals surface area (Å²) in [4.78, 5) is 10.8. The average molecular weight is 190 g/mol. The maximum absolute atomic E-state index is 10.8. The van der Waals surface area contributed by atoms with Crippen LogP contribution in [0.5, 0.6) is 0 Å². The standard InChI is InChI=1S/C11H14N2O/c1-3-9(8-12)6-5-7-10(4-2)11(13)14/h3,6-7H,1,4-5H2,2H3,(H2,13,14)/b9-6?,10-7+. The second-order valence-electron chi connectivity index (χ2n) is 2.66. The summed E-state index contributed by atoms with van der Waals surface area (Å²) >= 11 is 0. The fourth-order valence-corrected chi connectivity index (χ4v) is 0.922. The molecule has 0 aliphatic carbocycles. The lowest BCUT2D eigenvalue weighted by molar-refractivity contribution is -0.114. The predicted molar refractivity (Wildman–Crippen MR) is 56.1 cm³/mol. The van der Waals surface area contributed by atoms with E-state index in [0.717, 1.165) is 0 Å². The number of allylic oxidation sites excluding steroid dienone is 4. The molecule has 0 aromatic rings. The van der Waals surface area contributed by atoms with Crippen LogP contribution >= 0.6 is 0 Å². The van der Waals surface area contributed by atoms with Gasteiger partial charge in [-0.1, -0.05) is 31.7 Å². The third-order valence-electron chi connectivity index (χ3n) is 1.75. The van der Waals surface area contributed by atoms with E-state index in [1.165, 1.54) is 6.08 Å². The molecule has 0 radical (unpaired) electrons. The SMILES string of the molecule is C=CC(C#N)=CC/C=C(\CC)C(N)=O. The zero-order valence-electron chi connectivity index (χ0n) is 8.29. The second-order valence-corrected chi connectivity index (χ2v) is 2.66. The highest BCUT2D eigenvalue weighted by Crippen LogP contribution is 2.03. The molecule has 74 valence electrons. The van der Waals surface area contributed by atoms with E-state index in [1.807, 2.05) is 13.0 Å². The van der Waals surface area contributed by atoms with Crippen LogP contribution in [0.1, 0.15) is 19.8 Å². The van der Waals surface area contributed by atoms with Crippen molar-refractivity contribution in [1.82, 2.24) is 0 Å². The molecule has 0 unspecified atom stereocenters. The van der Waals surface area contributed by atoms with E-state index in [4.69, 9.17) is 11.0 Å². The second kappa shape index (κ2) is 6.67. The summed E-state index contributed by atoms with van der Waals surface area (Å²) in [5.41, 5.74) is 6.20. The smallest absolute Gasteiger partial charge is 0.244 e. The molecule has 3 nitrogen and oxygen atoms in total. The number of rotatable bonds is 5. The Balaban J connectivity index is 4.42. The molecule has 0 saturated carbocycles. The Morgan fingerprint density at radius 3 is 2.57 bits per heavy atom. The van der Waals surface area contributed by atoms with Gasteiger partial charge in [-0.05, 0) is 12.8 Å². The predicted octanol–water partition coefficient (Wildman–Crippen LogP) is 1.83. The number of amides is 1. The minimum absolute atomic E-state index is 0.405. The monoisotopic (exact) mass is 190 g/mol. The Morgan fingerprint density at radius 1 is 1.57 bits per heavy atom. The quantitative estimate of drug-likeness (QED) is 0.408. The van der Waals surface area contributed by atoms with Gasteiger partial charge in [0.05, 0.1) is 6.07 Å². The lowest BCUT2D eigenvalue weighted by Gasteiger charge is -1.96. The van der Waals surface area contributed by atoms with Crippen molar-refractivity contribution in [2.45, 2.75) is 19.8 Å². The molecular formula is C11H14N2O. The van der Waals surface area contributed by atoms with Crippen LogP contribution in [0.4, 0.5) is 0 Å². The molecule has 0 aromatic heterocycles. The number of hydrogen-bond acceptors (Lipinski definition) is 2. The van der Waals surface area contributed by atoms with Crippen LogP contribution in [0.25, 0.3) is 0 Å². The summed E-state index contributed by atoms with van der Waals surface area (Å²) in [5, 5.41) is 8.56.